The van der Waals surface area contributed by atoms with E-state index in [4.69, 9.17) is 4.42 Å². The minimum Gasteiger partial charge on any atom is -0.422 e. The van der Waals surface area contributed by atoms with Crippen molar-refractivity contribution in [3.8, 4) is 0 Å². The van der Waals surface area contributed by atoms with Gasteiger partial charge < -0.3 is 9.73 Å². The first-order valence-electron chi connectivity index (χ1n) is 8.37. The SMILES string of the molecule is Cc1ccc(NCC(=O)NNC(=O)c2cc3ccccc3oc2=O)c(C)c1. The van der Waals surface area contributed by atoms with Crippen LogP contribution in [0.4, 0.5) is 5.69 Å². The molecule has 3 N–H and O–H groups in total. The lowest BCUT2D eigenvalue weighted by atomic mass is 10.1. The van der Waals surface area contributed by atoms with Crippen LogP contribution in [0.5, 0.6) is 0 Å². The third-order valence-electron chi connectivity index (χ3n) is 4.02. The second-order valence-corrected chi connectivity index (χ2v) is 6.16. The largest absolute Gasteiger partial charge is 0.422 e. The molecular formula is C20H19N3O4. The zero-order valence-electron chi connectivity index (χ0n) is 15.0. The fourth-order valence-corrected chi connectivity index (χ4v) is 2.65. The van der Waals surface area contributed by atoms with Crippen LogP contribution >= 0.6 is 0 Å². The predicted octanol–water partition coefficient (Wildman–Crippen LogP) is 2.28. The number of amides is 2. The number of para-hydroxylation sites is 1. The van der Waals surface area contributed by atoms with Gasteiger partial charge in [-0.05, 0) is 37.6 Å². The number of nitrogens with one attached hydrogen (secondary N) is 3. The van der Waals surface area contributed by atoms with Gasteiger partial charge in [-0.25, -0.2) is 4.79 Å². The third kappa shape index (κ3) is 4.33. The molecule has 3 aromatic rings. The lowest BCUT2D eigenvalue weighted by molar-refractivity contribution is -0.120. The van der Waals surface area contributed by atoms with Crippen LogP contribution in [0, 0.1) is 13.8 Å². The van der Waals surface area contributed by atoms with E-state index in [9.17, 15) is 14.4 Å². The van der Waals surface area contributed by atoms with Crippen LogP contribution in [0.1, 0.15) is 21.5 Å². The maximum absolute atomic E-state index is 12.2. The normalized spacial score (nSPS) is 10.4. The minimum absolute atomic E-state index is 0.0312. The van der Waals surface area contributed by atoms with E-state index in [-0.39, 0.29) is 12.1 Å². The van der Waals surface area contributed by atoms with Crippen molar-refractivity contribution in [1.82, 2.24) is 10.9 Å². The van der Waals surface area contributed by atoms with E-state index in [1.807, 2.05) is 32.0 Å². The molecular weight excluding hydrogens is 346 g/mol. The van der Waals surface area contributed by atoms with Crippen LogP contribution < -0.4 is 21.8 Å². The molecule has 0 saturated heterocycles. The summed E-state index contributed by atoms with van der Waals surface area (Å²) in [5.41, 5.74) is 6.91. The Bertz CT molecular complexity index is 1070. The number of carbonyl (C=O) groups is 2. The van der Waals surface area contributed by atoms with Gasteiger partial charge in [-0.1, -0.05) is 35.9 Å². The Morgan fingerprint density at radius 2 is 1.78 bits per heavy atom. The summed E-state index contributed by atoms with van der Waals surface area (Å²) in [6, 6.07) is 14.1. The van der Waals surface area contributed by atoms with E-state index >= 15 is 0 Å². The molecule has 0 spiro atoms. The maximum atomic E-state index is 12.2. The Hall–Kier alpha value is -3.61. The lowest BCUT2D eigenvalue weighted by Gasteiger charge is -2.11. The monoisotopic (exact) mass is 365 g/mol. The van der Waals surface area contributed by atoms with E-state index < -0.39 is 17.4 Å². The van der Waals surface area contributed by atoms with Crippen molar-refractivity contribution in [3.63, 3.8) is 0 Å². The molecule has 3 rings (SSSR count). The Kier molecular flexibility index (Phi) is 5.21. The Morgan fingerprint density at radius 3 is 2.56 bits per heavy atom. The summed E-state index contributed by atoms with van der Waals surface area (Å²) in [5, 5.41) is 3.61. The smallest absolute Gasteiger partial charge is 0.349 e. The molecule has 0 saturated carbocycles. The highest BCUT2D eigenvalue weighted by Crippen LogP contribution is 2.15. The first-order valence-corrected chi connectivity index (χ1v) is 8.37. The highest BCUT2D eigenvalue weighted by Gasteiger charge is 2.14. The Balaban J connectivity index is 1.59. The van der Waals surface area contributed by atoms with Gasteiger partial charge in [-0.3, -0.25) is 20.4 Å². The number of hydrogen-bond donors (Lipinski definition) is 3. The van der Waals surface area contributed by atoms with Crippen molar-refractivity contribution in [2.75, 3.05) is 11.9 Å². The number of anilines is 1. The Morgan fingerprint density at radius 1 is 1.00 bits per heavy atom. The molecule has 7 heteroatoms. The first-order chi connectivity index (χ1) is 12.9. The standard InChI is InChI=1S/C20H19N3O4/c1-12-7-8-16(13(2)9-12)21-11-18(24)22-23-19(25)15-10-14-5-3-4-6-17(14)27-20(15)26/h3-10,21H,11H2,1-2H3,(H,22,24)(H,23,25). The van der Waals surface area contributed by atoms with Gasteiger partial charge in [-0.2, -0.15) is 0 Å². The molecule has 2 amide bonds. The fraction of sp³-hybridized carbons (Fsp3) is 0.150. The molecule has 2 aromatic carbocycles. The summed E-state index contributed by atoms with van der Waals surface area (Å²) in [5.74, 6) is -1.19. The molecule has 0 aliphatic rings. The minimum atomic E-state index is -0.770. The van der Waals surface area contributed by atoms with Gasteiger partial charge in [0.2, 0.25) is 0 Å². The number of hydrazine groups is 1. The summed E-state index contributed by atoms with van der Waals surface area (Å²) >= 11 is 0. The number of carbonyl (C=O) groups excluding carboxylic acids is 2. The maximum Gasteiger partial charge on any atom is 0.349 e. The third-order valence-corrected chi connectivity index (χ3v) is 4.02. The van der Waals surface area contributed by atoms with Crippen molar-refractivity contribution in [3.05, 3.63) is 75.6 Å². The molecule has 0 unspecified atom stereocenters. The van der Waals surface area contributed by atoms with Crippen LogP contribution in [0.25, 0.3) is 11.0 Å². The van der Waals surface area contributed by atoms with Gasteiger partial charge in [0.25, 0.3) is 11.8 Å². The van der Waals surface area contributed by atoms with Gasteiger partial charge in [0.15, 0.2) is 0 Å². The molecule has 138 valence electrons. The number of fused-ring (bicyclic) bond motifs is 1. The summed E-state index contributed by atoms with van der Waals surface area (Å²) in [6.45, 7) is 3.90. The van der Waals surface area contributed by atoms with Crippen molar-refractivity contribution in [1.29, 1.82) is 0 Å². The molecule has 0 fully saturated rings. The molecule has 1 aromatic heterocycles. The van der Waals surface area contributed by atoms with Gasteiger partial charge >= 0.3 is 5.63 Å². The highest BCUT2D eigenvalue weighted by molar-refractivity contribution is 5.97. The van der Waals surface area contributed by atoms with Crippen LogP contribution in [-0.2, 0) is 4.79 Å². The van der Waals surface area contributed by atoms with E-state index in [1.165, 1.54) is 6.07 Å². The van der Waals surface area contributed by atoms with E-state index in [1.54, 1.807) is 24.3 Å². The number of hydrogen-bond acceptors (Lipinski definition) is 5. The molecule has 0 atom stereocenters. The van der Waals surface area contributed by atoms with Crippen LogP contribution in [0.15, 0.2) is 57.7 Å². The van der Waals surface area contributed by atoms with E-state index in [2.05, 4.69) is 16.2 Å². The lowest BCUT2D eigenvalue weighted by Crippen LogP contribution is -2.45. The molecule has 0 aliphatic carbocycles. The van der Waals surface area contributed by atoms with Crippen LogP contribution in [0.2, 0.25) is 0 Å². The Labute approximate surface area is 155 Å². The summed E-state index contributed by atoms with van der Waals surface area (Å²) in [7, 11) is 0. The average Bonchev–Trinajstić information content (AvgIpc) is 2.64. The second-order valence-electron chi connectivity index (χ2n) is 6.16. The second kappa shape index (κ2) is 7.74. The molecule has 0 bridgehead atoms. The number of aryl methyl sites for hydroxylation is 2. The van der Waals surface area contributed by atoms with Crippen LogP contribution in [0.3, 0.4) is 0 Å². The summed E-state index contributed by atoms with van der Waals surface area (Å²) in [4.78, 5) is 36.1. The van der Waals surface area contributed by atoms with Crippen molar-refractivity contribution in [2.24, 2.45) is 0 Å². The predicted molar refractivity (Wildman–Crippen MR) is 102 cm³/mol. The average molecular weight is 365 g/mol. The van der Waals surface area contributed by atoms with E-state index in [0.717, 1.165) is 16.8 Å². The first kappa shape index (κ1) is 18.2. The van der Waals surface area contributed by atoms with Gasteiger partial charge in [-0.15, -0.1) is 0 Å². The fourth-order valence-electron chi connectivity index (χ4n) is 2.65. The number of benzene rings is 2. The topological polar surface area (TPSA) is 100 Å². The van der Waals surface area contributed by atoms with Gasteiger partial charge in [0.05, 0.1) is 6.54 Å². The highest BCUT2D eigenvalue weighted by atomic mass is 16.4. The molecule has 0 aliphatic heterocycles. The van der Waals surface area contributed by atoms with Crippen molar-refractivity contribution >= 4 is 28.5 Å². The van der Waals surface area contributed by atoms with Gasteiger partial charge in [0, 0.05) is 11.1 Å². The number of rotatable bonds is 4. The zero-order valence-corrected chi connectivity index (χ0v) is 15.0. The summed E-state index contributed by atoms with van der Waals surface area (Å²) in [6.07, 6.45) is 0. The molecule has 1 heterocycles. The van der Waals surface area contributed by atoms with Gasteiger partial charge in [0.1, 0.15) is 11.1 Å². The van der Waals surface area contributed by atoms with Crippen LogP contribution in [-0.4, -0.2) is 18.4 Å². The van der Waals surface area contributed by atoms with Crippen molar-refractivity contribution in [2.45, 2.75) is 13.8 Å². The molecule has 27 heavy (non-hydrogen) atoms. The molecule has 7 nitrogen and oxygen atoms in total. The zero-order chi connectivity index (χ0) is 19.4. The quantitative estimate of drug-likeness (QED) is 0.486. The molecule has 0 radical (unpaired) electrons. The summed E-state index contributed by atoms with van der Waals surface area (Å²) < 4.78 is 5.11. The van der Waals surface area contributed by atoms with E-state index in [0.29, 0.717) is 11.0 Å². The van der Waals surface area contributed by atoms with Crippen molar-refractivity contribution < 1.29 is 14.0 Å².